The standard InChI is InChI=1S/C18H20N2O4S/c1-2-12-19-18(21)15-8-10-16(11-9-15)20-17(13-24-25(20,22)23)14-6-4-3-5-7-14/h3-11,17H,2,12-13H2,1H3,(H,19,21)/t17-/m1/s1. The zero-order valence-corrected chi connectivity index (χ0v) is 14.7. The molecule has 0 saturated carbocycles. The number of hydrogen-bond acceptors (Lipinski definition) is 4. The van der Waals surface area contributed by atoms with Crippen molar-refractivity contribution in [3.8, 4) is 0 Å². The van der Waals surface area contributed by atoms with Crippen molar-refractivity contribution in [3.05, 3.63) is 65.7 Å². The van der Waals surface area contributed by atoms with Gasteiger partial charge in [0.25, 0.3) is 5.91 Å². The number of rotatable bonds is 5. The van der Waals surface area contributed by atoms with E-state index < -0.39 is 16.3 Å². The molecule has 2 aromatic rings. The molecule has 0 radical (unpaired) electrons. The summed E-state index contributed by atoms with van der Waals surface area (Å²) < 4.78 is 30.9. The zero-order chi connectivity index (χ0) is 17.9. The van der Waals surface area contributed by atoms with Gasteiger partial charge in [0.2, 0.25) is 0 Å². The molecule has 7 heteroatoms. The summed E-state index contributed by atoms with van der Waals surface area (Å²) in [6.07, 6.45) is 0.853. The van der Waals surface area contributed by atoms with E-state index in [1.807, 2.05) is 37.3 Å². The summed E-state index contributed by atoms with van der Waals surface area (Å²) in [5.74, 6) is -0.173. The van der Waals surface area contributed by atoms with Gasteiger partial charge in [0.05, 0.1) is 18.3 Å². The van der Waals surface area contributed by atoms with Gasteiger partial charge in [-0.2, -0.15) is 8.42 Å². The molecule has 0 unspecified atom stereocenters. The van der Waals surface area contributed by atoms with E-state index in [4.69, 9.17) is 4.18 Å². The quantitative estimate of drug-likeness (QED) is 0.889. The van der Waals surface area contributed by atoms with Crippen molar-refractivity contribution in [2.75, 3.05) is 17.5 Å². The van der Waals surface area contributed by atoms with E-state index in [0.29, 0.717) is 17.8 Å². The van der Waals surface area contributed by atoms with Gasteiger partial charge < -0.3 is 5.32 Å². The summed E-state index contributed by atoms with van der Waals surface area (Å²) in [5, 5.41) is 2.79. The predicted octanol–water partition coefficient (Wildman–Crippen LogP) is 2.65. The molecule has 1 saturated heterocycles. The normalized spacial score (nSPS) is 18.9. The monoisotopic (exact) mass is 360 g/mol. The van der Waals surface area contributed by atoms with Gasteiger partial charge in [0, 0.05) is 12.1 Å². The highest BCUT2D eigenvalue weighted by atomic mass is 32.2. The van der Waals surface area contributed by atoms with Crippen LogP contribution in [0.1, 0.15) is 35.3 Å². The summed E-state index contributed by atoms with van der Waals surface area (Å²) in [7, 11) is -3.85. The summed E-state index contributed by atoms with van der Waals surface area (Å²) in [6, 6.07) is 15.4. The second-order valence-corrected chi connectivity index (χ2v) is 7.25. The van der Waals surface area contributed by atoms with Gasteiger partial charge in [-0.3, -0.25) is 8.98 Å². The first-order chi connectivity index (χ1) is 12.0. The molecule has 1 fully saturated rings. The smallest absolute Gasteiger partial charge is 0.352 e. The molecule has 1 N–H and O–H groups in total. The second-order valence-electron chi connectivity index (χ2n) is 5.77. The van der Waals surface area contributed by atoms with Crippen molar-refractivity contribution in [2.24, 2.45) is 0 Å². The minimum absolute atomic E-state index is 0.0606. The van der Waals surface area contributed by atoms with Crippen LogP contribution in [0.15, 0.2) is 54.6 Å². The van der Waals surface area contributed by atoms with Crippen molar-refractivity contribution in [3.63, 3.8) is 0 Å². The Bertz CT molecular complexity index is 835. The number of anilines is 1. The van der Waals surface area contributed by atoms with Crippen molar-refractivity contribution >= 4 is 21.9 Å². The van der Waals surface area contributed by atoms with Crippen LogP contribution in [0.4, 0.5) is 5.69 Å². The average molecular weight is 360 g/mol. The molecule has 132 valence electrons. The summed E-state index contributed by atoms with van der Waals surface area (Å²) in [5.41, 5.74) is 1.82. The van der Waals surface area contributed by atoms with Crippen molar-refractivity contribution in [2.45, 2.75) is 19.4 Å². The molecule has 0 aromatic heterocycles. The third-order valence-electron chi connectivity index (χ3n) is 4.00. The van der Waals surface area contributed by atoms with Crippen LogP contribution in [-0.4, -0.2) is 27.5 Å². The molecule has 3 rings (SSSR count). The Morgan fingerprint density at radius 3 is 2.48 bits per heavy atom. The van der Waals surface area contributed by atoms with Gasteiger partial charge in [0.15, 0.2) is 0 Å². The van der Waals surface area contributed by atoms with Crippen LogP contribution in [-0.2, 0) is 14.5 Å². The van der Waals surface area contributed by atoms with Crippen LogP contribution in [0.3, 0.4) is 0 Å². The van der Waals surface area contributed by atoms with Gasteiger partial charge in [0.1, 0.15) is 0 Å². The summed E-state index contributed by atoms with van der Waals surface area (Å²) >= 11 is 0. The molecule has 0 spiro atoms. The number of carbonyl (C=O) groups is 1. The van der Waals surface area contributed by atoms with Crippen LogP contribution >= 0.6 is 0 Å². The lowest BCUT2D eigenvalue weighted by atomic mass is 10.1. The molecule has 0 aliphatic carbocycles. The number of carbonyl (C=O) groups excluding carboxylic acids is 1. The molecular formula is C18H20N2O4S. The summed E-state index contributed by atoms with van der Waals surface area (Å²) in [6.45, 7) is 2.64. The van der Waals surface area contributed by atoms with Gasteiger partial charge in [-0.1, -0.05) is 37.3 Å². The van der Waals surface area contributed by atoms with E-state index in [2.05, 4.69) is 5.32 Å². The van der Waals surface area contributed by atoms with Gasteiger partial charge in [-0.15, -0.1) is 0 Å². The minimum atomic E-state index is -3.85. The summed E-state index contributed by atoms with van der Waals surface area (Å²) in [4.78, 5) is 12.0. The van der Waals surface area contributed by atoms with E-state index in [1.54, 1.807) is 24.3 Å². The Balaban J connectivity index is 1.89. The fourth-order valence-corrected chi connectivity index (χ4v) is 4.04. The van der Waals surface area contributed by atoms with E-state index in [9.17, 15) is 13.2 Å². The predicted molar refractivity (Wildman–Crippen MR) is 95.6 cm³/mol. The molecule has 1 aliphatic rings. The van der Waals surface area contributed by atoms with E-state index in [0.717, 1.165) is 12.0 Å². The SMILES string of the molecule is CCCNC(=O)c1ccc(N2[C@@H](c3ccccc3)COS2(=O)=O)cc1. The Hall–Kier alpha value is -2.38. The zero-order valence-electron chi connectivity index (χ0n) is 13.9. The van der Waals surface area contributed by atoms with E-state index in [1.165, 1.54) is 4.31 Å². The molecule has 1 heterocycles. The number of amides is 1. The number of nitrogens with zero attached hydrogens (tertiary/aromatic N) is 1. The second kappa shape index (κ2) is 7.25. The van der Waals surface area contributed by atoms with Crippen molar-refractivity contribution in [1.82, 2.24) is 5.32 Å². The first kappa shape index (κ1) is 17.4. The highest BCUT2D eigenvalue weighted by Crippen LogP contribution is 2.36. The topological polar surface area (TPSA) is 75.7 Å². The largest absolute Gasteiger partial charge is 0.363 e. The van der Waals surface area contributed by atoms with Crippen LogP contribution < -0.4 is 9.62 Å². The first-order valence-corrected chi connectivity index (χ1v) is 9.51. The third-order valence-corrected chi connectivity index (χ3v) is 5.38. The van der Waals surface area contributed by atoms with E-state index >= 15 is 0 Å². The van der Waals surface area contributed by atoms with E-state index in [-0.39, 0.29) is 12.5 Å². The number of benzene rings is 2. The maximum Gasteiger partial charge on any atom is 0.363 e. The Kier molecular flexibility index (Phi) is 5.06. The fourth-order valence-electron chi connectivity index (χ4n) is 2.75. The lowest BCUT2D eigenvalue weighted by Gasteiger charge is -2.23. The van der Waals surface area contributed by atoms with Crippen molar-refractivity contribution < 1.29 is 17.4 Å². The highest BCUT2D eigenvalue weighted by Gasteiger charge is 2.39. The van der Waals surface area contributed by atoms with Gasteiger partial charge >= 0.3 is 10.3 Å². The lowest BCUT2D eigenvalue weighted by Crippen LogP contribution is -2.28. The van der Waals surface area contributed by atoms with Crippen LogP contribution in [0.5, 0.6) is 0 Å². The lowest BCUT2D eigenvalue weighted by molar-refractivity contribution is 0.0953. The molecule has 2 aromatic carbocycles. The molecule has 1 atom stereocenters. The third kappa shape index (κ3) is 3.67. The van der Waals surface area contributed by atoms with Crippen LogP contribution in [0, 0.1) is 0 Å². The molecular weight excluding hydrogens is 340 g/mol. The molecule has 1 aliphatic heterocycles. The van der Waals surface area contributed by atoms with Crippen LogP contribution in [0.2, 0.25) is 0 Å². The molecule has 6 nitrogen and oxygen atoms in total. The van der Waals surface area contributed by atoms with Gasteiger partial charge in [-0.05, 0) is 36.2 Å². The Morgan fingerprint density at radius 1 is 1.16 bits per heavy atom. The molecule has 25 heavy (non-hydrogen) atoms. The Labute approximate surface area is 147 Å². The average Bonchev–Trinajstić information content (AvgIpc) is 2.95. The highest BCUT2D eigenvalue weighted by molar-refractivity contribution is 7.88. The van der Waals surface area contributed by atoms with Crippen molar-refractivity contribution in [1.29, 1.82) is 0 Å². The number of hydrogen-bond donors (Lipinski definition) is 1. The van der Waals surface area contributed by atoms with Gasteiger partial charge in [-0.25, -0.2) is 4.31 Å². The fraction of sp³-hybridized carbons (Fsp3) is 0.278. The molecule has 1 amide bonds. The van der Waals surface area contributed by atoms with Crippen LogP contribution in [0.25, 0.3) is 0 Å². The maximum atomic E-state index is 12.3. The first-order valence-electron chi connectivity index (χ1n) is 8.15. The Morgan fingerprint density at radius 2 is 1.84 bits per heavy atom. The maximum absolute atomic E-state index is 12.3. The molecule has 0 bridgehead atoms. The number of nitrogens with one attached hydrogen (secondary N) is 1. The minimum Gasteiger partial charge on any atom is -0.352 e.